The van der Waals surface area contributed by atoms with E-state index in [4.69, 9.17) is 5.11 Å². The molecular weight excluding hydrogens is 398 g/mol. The Labute approximate surface area is 197 Å². The zero-order valence-corrected chi connectivity index (χ0v) is 21.4. The number of hydrogen-bond donors (Lipinski definition) is 1. The van der Waals surface area contributed by atoms with Gasteiger partial charge in [0.05, 0.1) is 6.42 Å². The summed E-state index contributed by atoms with van der Waals surface area (Å²) in [4.78, 5) is 23.7. The van der Waals surface area contributed by atoms with Crippen LogP contribution in [0.25, 0.3) is 0 Å². The van der Waals surface area contributed by atoms with E-state index in [1.54, 1.807) is 0 Å². The van der Waals surface area contributed by atoms with Crippen molar-refractivity contribution in [1.29, 1.82) is 0 Å². The van der Waals surface area contributed by atoms with Crippen LogP contribution in [0.1, 0.15) is 143 Å². The van der Waals surface area contributed by atoms with Crippen molar-refractivity contribution in [3.8, 4) is 0 Å². The summed E-state index contributed by atoms with van der Waals surface area (Å²) in [6.07, 6.45) is 21.0. The van der Waals surface area contributed by atoms with Crippen molar-refractivity contribution >= 4 is 11.8 Å². The second-order valence-electron chi connectivity index (χ2n) is 9.61. The summed E-state index contributed by atoms with van der Waals surface area (Å²) in [5, 5.41) is 8.97. The number of Topliss-reactive ketones (excluding diaryl/α,β-unsaturated/α-hetero) is 1. The SMILES string of the molecule is CCCCCCCCCCCCCCCCCC(=O)c1c(C)c(CCC(=O)O)n(C)c1C. The van der Waals surface area contributed by atoms with Crippen LogP contribution in [0.4, 0.5) is 0 Å². The van der Waals surface area contributed by atoms with Gasteiger partial charge in [0.25, 0.3) is 0 Å². The molecule has 1 aromatic rings. The first-order valence-corrected chi connectivity index (χ1v) is 13.3. The molecule has 0 atom stereocenters. The van der Waals surface area contributed by atoms with Crippen LogP contribution in [0.3, 0.4) is 0 Å². The first-order valence-electron chi connectivity index (χ1n) is 13.3. The predicted octanol–water partition coefficient (Wildman–Crippen LogP) is 8.10. The summed E-state index contributed by atoms with van der Waals surface area (Å²) in [7, 11) is 1.93. The maximum Gasteiger partial charge on any atom is 0.303 e. The molecule has 0 saturated carbocycles. The van der Waals surface area contributed by atoms with Gasteiger partial charge in [-0.3, -0.25) is 9.59 Å². The molecule has 184 valence electrons. The van der Waals surface area contributed by atoms with Crippen LogP contribution in [0, 0.1) is 13.8 Å². The fourth-order valence-electron chi connectivity index (χ4n) is 4.81. The molecule has 0 bridgehead atoms. The number of unbranched alkanes of at least 4 members (excludes halogenated alkanes) is 14. The highest BCUT2D eigenvalue weighted by atomic mass is 16.4. The van der Waals surface area contributed by atoms with Crippen molar-refractivity contribution in [1.82, 2.24) is 4.57 Å². The van der Waals surface area contributed by atoms with E-state index in [0.29, 0.717) is 12.8 Å². The van der Waals surface area contributed by atoms with Gasteiger partial charge in [0.2, 0.25) is 0 Å². The molecule has 0 aliphatic carbocycles. The molecule has 1 rings (SSSR count). The molecule has 1 heterocycles. The molecule has 0 spiro atoms. The minimum Gasteiger partial charge on any atom is -0.481 e. The molecule has 1 aromatic heterocycles. The van der Waals surface area contributed by atoms with Gasteiger partial charge in [-0.2, -0.15) is 0 Å². The molecule has 0 amide bonds. The number of nitrogens with zero attached hydrogens (tertiary/aromatic N) is 1. The van der Waals surface area contributed by atoms with Crippen LogP contribution in [0.5, 0.6) is 0 Å². The Hall–Kier alpha value is -1.58. The number of aromatic nitrogens is 1. The van der Waals surface area contributed by atoms with Crippen molar-refractivity contribution in [2.24, 2.45) is 7.05 Å². The zero-order valence-electron chi connectivity index (χ0n) is 21.4. The average molecular weight is 448 g/mol. The van der Waals surface area contributed by atoms with E-state index in [-0.39, 0.29) is 12.2 Å². The first-order chi connectivity index (χ1) is 15.4. The Morgan fingerprint density at radius 1 is 0.719 bits per heavy atom. The van der Waals surface area contributed by atoms with Crippen LogP contribution in [-0.4, -0.2) is 21.4 Å². The lowest BCUT2D eigenvalue weighted by atomic mass is 9.99. The zero-order chi connectivity index (χ0) is 23.8. The highest BCUT2D eigenvalue weighted by Crippen LogP contribution is 2.24. The third-order valence-electron chi connectivity index (χ3n) is 6.94. The van der Waals surface area contributed by atoms with Gasteiger partial charge in [-0.25, -0.2) is 0 Å². The molecule has 0 aliphatic rings. The number of aliphatic carboxylic acids is 1. The van der Waals surface area contributed by atoms with Crippen LogP contribution in [0.15, 0.2) is 0 Å². The highest BCUT2D eigenvalue weighted by molar-refractivity contribution is 5.99. The van der Waals surface area contributed by atoms with Gasteiger partial charge in [0, 0.05) is 30.4 Å². The molecule has 0 radical (unpaired) electrons. The minimum absolute atomic E-state index is 0.102. The Balaban J connectivity index is 2.12. The Bertz CT molecular complexity index is 675. The van der Waals surface area contributed by atoms with Gasteiger partial charge in [-0.1, -0.05) is 96.8 Å². The van der Waals surface area contributed by atoms with E-state index in [2.05, 4.69) is 6.92 Å². The third-order valence-corrected chi connectivity index (χ3v) is 6.94. The van der Waals surface area contributed by atoms with Crippen molar-refractivity contribution in [3.63, 3.8) is 0 Å². The van der Waals surface area contributed by atoms with Gasteiger partial charge < -0.3 is 9.67 Å². The van der Waals surface area contributed by atoms with E-state index >= 15 is 0 Å². The molecule has 0 aromatic carbocycles. The van der Waals surface area contributed by atoms with E-state index in [0.717, 1.165) is 35.4 Å². The summed E-state index contributed by atoms with van der Waals surface area (Å²) in [6, 6.07) is 0. The second kappa shape index (κ2) is 17.0. The highest BCUT2D eigenvalue weighted by Gasteiger charge is 2.20. The van der Waals surface area contributed by atoms with Gasteiger partial charge >= 0.3 is 5.97 Å². The van der Waals surface area contributed by atoms with Crippen molar-refractivity contribution < 1.29 is 14.7 Å². The maximum atomic E-state index is 12.8. The van der Waals surface area contributed by atoms with Crippen LogP contribution >= 0.6 is 0 Å². The molecule has 4 heteroatoms. The monoisotopic (exact) mass is 447 g/mol. The predicted molar refractivity (Wildman–Crippen MR) is 135 cm³/mol. The van der Waals surface area contributed by atoms with Gasteiger partial charge in [-0.15, -0.1) is 0 Å². The Morgan fingerprint density at radius 3 is 1.59 bits per heavy atom. The minimum atomic E-state index is -0.797. The average Bonchev–Trinajstić information content (AvgIpc) is 2.97. The van der Waals surface area contributed by atoms with Crippen LogP contribution in [0.2, 0.25) is 0 Å². The number of carbonyl (C=O) groups is 2. The fraction of sp³-hybridized carbons (Fsp3) is 0.786. The normalized spacial score (nSPS) is 11.2. The standard InChI is InChI=1S/C28H49NO3/c1-5-6-7-8-9-10-11-12-13-14-15-16-17-18-19-20-26(30)28-23(2)25(21-22-27(31)32)29(4)24(28)3/h5-22H2,1-4H3,(H,31,32). The lowest BCUT2D eigenvalue weighted by molar-refractivity contribution is -0.136. The third kappa shape index (κ3) is 10.8. The van der Waals surface area contributed by atoms with Crippen molar-refractivity contribution in [2.45, 2.75) is 136 Å². The molecule has 1 N–H and O–H groups in total. The number of carbonyl (C=O) groups excluding carboxylic acids is 1. The Morgan fingerprint density at radius 2 is 1.16 bits per heavy atom. The summed E-state index contributed by atoms with van der Waals surface area (Å²) in [5.74, 6) is -0.583. The molecule has 0 fully saturated rings. The topological polar surface area (TPSA) is 59.3 Å². The summed E-state index contributed by atoms with van der Waals surface area (Å²) >= 11 is 0. The molecular formula is C28H49NO3. The Kier molecular flexibility index (Phi) is 15.1. The van der Waals surface area contributed by atoms with Gasteiger partial charge in [-0.05, 0) is 32.3 Å². The summed E-state index contributed by atoms with van der Waals surface area (Å²) in [5.41, 5.74) is 3.73. The van der Waals surface area contributed by atoms with E-state index in [9.17, 15) is 9.59 Å². The number of rotatable bonds is 20. The summed E-state index contributed by atoms with van der Waals surface area (Å²) < 4.78 is 2.00. The summed E-state index contributed by atoms with van der Waals surface area (Å²) in [6.45, 7) is 6.20. The molecule has 0 aliphatic heterocycles. The molecule has 32 heavy (non-hydrogen) atoms. The smallest absolute Gasteiger partial charge is 0.303 e. The molecule has 4 nitrogen and oxygen atoms in total. The van der Waals surface area contributed by atoms with E-state index < -0.39 is 5.97 Å². The van der Waals surface area contributed by atoms with E-state index in [1.165, 1.54) is 83.5 Å². The number of carboxylic acids is 1. The molecule has 0 unspecified atom stereocenters. The first kappa shape index (κ1) is 28.5. The lowest BCUT2D eigenvalue weighted by Crippen LogP contribution is -2.04. The van der Waals surface area contributed by atoms with Gasteiger partial charge in [0.1, 0.15) is 0 Å². The quantitative estimate of drug-likeness (QED) is 0.162. The fourth-order valence-corrected chi connectivity index (χ4v) is 4.81. The van der Waals surface area contributed by atoms with Crippen LogP contribution < -0.4 is 0 Å². The van der Waals surface area contributed by atoms with Gasteiger partial charge in [0.15, 0.2) is 5.78 Å². The number of ketones is 1. The van der Waals surface area contributed by atoms with Crippen molar-refractivity contribution in [3.05, 3.63) is 22.5 Å². The maximum absolute atomic E-state index is 12.8. The number of hydrogen-bond acceptors (Lipinski definition) is 2. The largest absolute Gasteiger partial charge is 0.481 e. The van der Waals surface area contributed by atoms with Crippen LogP contribution in [-0.2, 0) is 18.3 Å². The van der Waals surface area contributed by atoms with Crippen molar-refractivity contribution in [2.75, 3.05) is 0 Å². The lowest BCUT2D eigenvalue weighted by Gasteiger charge is -2.05. The second-order valence-corrected chi connectivity index (χ2v) is 9.61. The molecule has 0 saturated heterocycles. The van der Waals surface area contributed by atoms with E-state index in [1.807, 2.05) is 25.5 Å². The number of carboxylic acid groups (broad SMARTS) is 1.